The monoisotopic (exact) mass is 392 g/mol. The smallest absolute Gasteiger partial charge is 0.151 e. The van der Waals surface area contributed by atoms with Crippen LogP contribution in [0.5, 0.6) is 0 Å². The molecule has 134 valence electrons. The maximum absolute atomic E-state index is 6.09. The third-order valence-corrected chi connectivity index (χ3v) is 5.24. The lowest BCUT2D eigenvalue weighted by atomic mass is 9.77. The summed E-state index contributed by atoms with van der Waals surface area (Å²) >= 11 is 12.2. The molecule has 0 saturated carbocycles. The van der Waals surface area contributed by atoms with Crippen LogP contribution in [-0.2, 0) is 5.54 Å². The van der Waals surface area contributed by atoms with Gasteiger partial charge >= 0.3 is 0 Å². The summed E-state index contributed by atoms with van der Waals surface area (Å²) in [6, 6.07) is 31.2. The maximum Gasteiger partial charge on any atom is 0.151 e. The van der Waals surface area contributed by atoms with E-state index in [-0.39, 0.29) is 0 Å². The lowest BCUT2D eigenvalue weighted by molar-refractivity contribution is 0.514. The van der Waals surface area contributed by atoms with Crippen molar-refractivity contribution in [3.8, 4) is 0 Å². The van der Waals surface area contributed by atoms with E-state index in [0.29, 0.717) is 5.69 Å². The van der Waals surface area contributed by atoms with Crippen molar-refractivity contribution in [1.82, 2.24) is 9.55 Å². The number of nitrogens with zero attached hydrogens (tertiary/aromatic N) is 2. The Balaban J connectivity index is 2.09. The van der Waals surface area contributed by atoms with Crippen molar-refractivity contribution >= 4 is 23.2 Å². The summed E-state index contributed by atoms with van der Waals surface area (Å²) in [6.45, 7) is 0. The SMILES string of the molecule is ClC(Cl)c1cn(C(c2ccccc2)(c2ccccc2)c2ccccc2)cn1. The third-order valence-electron chi connectivity index (χ3n) is 4.79. The van der Waals surface area contributed by atoms with Gasteiger partial charge in [-0.2, -0.15) is 0 Å². The molecule has 27 heavy (non-hydrogen) atoms. The molecular weight excluding hydrogens is 375 g/mol. The van der Waals surface area contributed by atoms with Crippen molar-refractivity contribution in [2.24, 2.45) is 0 Å². The number of hydrogen-bond donors (Lipinski definition) is 0. The van der Waals surface area contributed by atoms with Crippen molar-refractivity contribution in [3.63, 3.8) is 0 Å². The highest BCUT2D eigenvalue weighted by Gasteiger charge is 2.38. The minimum atomic E-state index is -0.675. The molecule has 4 aromatic rings. The van der Waals surface area contributed by atoms with E-state index in [0.717, 1.165) is 16.7 Å². The van der Waals surface area contributed by atoms with Crippen molar-refractivity contribution < 1.29 is 0 Å². The molecule has 0 saturated heterocycles. The first kappa shape index (κ1) is 17.8. The molecule has 0 aliphatic heterocycles. The first-order valence-corrected chi connectivity index (χ1v) is 9.59. The van der Waals surface area contributed by atoms with Crippen molar-refractivity contribution in [2.45, 2.75) is 10.4 Å². The van der Waals surface area contributed by atoms with E-state index in [9.17, 15) is 0 Å². The molecule has 4 rings (SSSR count). The van der Waals surface area contributed by atoms with E-state index in [1.807, 2.05) is 24.4 Å². The maximum atomic E-state index is 6.09. The van der Waals surface area contributed by atoms with Gasteiger partial charge in [-0.25, -0.2) is 4.98 Å². The zero-order chi connectivity index (χ0) is 18.7. The molecule has 3 aromatic carbocycles. The number of benzene rings is 3. The third kappa shape index (κ3) is 3.16. The fourth-order valence-corrected chi connectivity index (χ4v) is 3.84. The van der Waals surface area contributed by atoms with Gasteiger partial charge in [0.2, 0.25) is 0 Å². The molecule has 0 radical (unpaired) electrons. The Bertz CT molecular complexity index is 900. The Hall–Kier alpha value is -2.55. The predicted octanol–water partition coefficient (Wildman–Crippen LogP) is 6.20. The van der Waals surface area contributed by atoms with Crippen LogP contribution in [0.2, 0.25) is 0 Å². The van der Waals surface area contributed by atoms with Gasteiger partial charge in [0.1, 0.15) is 5.54 Å². The number of rotatable bonds is 5. The second-order valence-corrected chi connectivity index (χ2v) is 7.41. The minimum absolute atomic E-state index is 0.586. The van der Waals surface area contributed by atoms with Gasteiger partial charge in [-0.1, -0.05) is 114 Å². The first-order chi connectivity index (χ1) is 13.2. The predicted molar refractivity (Wildman–Crippen MR) is 111 cm³/mol. The zero-order valence-electron chi connectivity index (χ0n) is 14.5. The van der Waals surface area contributed by atoms with Crippen molar-refractivity contribution in [1.29, 1.82) is 0 Å². The van der Waals surface area contributed by atoms with E-state index in [1.165, 1.54) is 0 Å². The Morgan fingerprint density at radius 1 is 0.667 bits per heavy atom. The van der Waals surface area contributed by atoms with E-state index < -0.39 is 10.4 Å². The lowest BCUT2D eigenvalue weighted by Gasteiger charge is -2.37. The van der Waals surface area contributed by atoms with Crippen molar-refractivity contribution in [3.05, 3.63) is 126 Å². The van der Waals surface area contributed by atoms with Crippen molar-refractivity contribution in [2.75, 3.05) is 0 Å². The molecule has 0 atom stereocenters. The molecule has 0 N–H and O–H groups in total. The highest BCUT2D eigenvalue weighted by molar-refractivity contribution is 6.43. The first-order valence-electron chi connectivity index (χ1n) is 8.72. The molecule has 0 bridgehead atoms. The summed E-state index contributed by atoms with van der Waals surface area (Å²) in [4.78, 5) is 3.78. The Morgan fingerprint density at radius 2 is 1.07 bits per heavy atom. The molecule has 4 heteroatoms. The van der Waals surface area contributed by atoms with Crippen LogP contribution in [0.1, 0.15) is 27.2 Å². The molecule has 1 heterocycles. The van der Waals surface area contributed by atoms with Gasteiger partial charge in [0.25, 0.3) is 0 Å². The molecule has 0 spiro atoms. The van der Waals surface area contributed by atoms with Gasteiger partial charge < -0.3 is 4.57 Å². The molecule has 0 aliphatic rings. The fourth-order valence-electron chi connectivity index (χ4n) is 3.62. The van der Waals surface area contributed by atoms with Crippen LogP contribution in [0.3, 0.4) is 0 Å². The van der Waals surface area contributed by atoms with Gasteiger partial charge in [-0.05, 0) is 16.7 Å². The quantitative estimate of drug-likeness (QED) is 0.292. The van der Waals surface area contributed by atoms with Crippen LogP contribution in [0.15, 0.2) is 104 Å². The summed E-state index contributed by atoms with van der Waals surface area (Å²) in [5.74, 6) is 0. The Kier molecular flexibility index (Phi) is 5.02. The number of imidazole rings is 1. The average Bonchev–Trinajstić information content (AvgIpc) is 3.22. The summed E-state index contributed by atoms with van der Waals surface area (Å²) in [5, 5.41) is 0. The summed E-state index contributed by atoms with van der Waals surface area (Å²) in [5.41, 5.74) is 3.44. The van der Waals surface area contributed by atoms with Gasteiger partial charge in [0, 0.05) is 6.20 Å². The second-order valence-electron chi connectivity index (χ2n) is 6.31. The topological polar surface area (TPSA) is 17.8 Å². The molecule has 0 unspecified atom stereocenters. The fraction of sp³-hybridized carbons (Fsp3) is 0.0870. The Labute approximate surface area is 169 Å². The average molecular weight is 393 g/mol. The lowest BCUT2D eigenvalue weighted by Crippen LogP contribution is -2.36. The zero-order valence-corrected chi connectivity index (χ0v) is 16.1. The second kappa shape index (κ2) is 7.59. The molecule has 0 amide bonds. The molecule has 0 aliphatic carbocycles. The Morgan fingerprint density at radius 3 is 1.41 bits per heavy atom. The van der Waals surface area contributed by atoms with Gasteiger partial charge in [-0.3, -0.25) is 0 Å². The summed E-state index contributed by atoms with van der Waals surface area (Å²) < 4.78 is 2.10. The number of halogens is 2. The van der Waals surface area contributed by atoms with E-state index in [4.69, 9.17) is 23.2 Å². The number of aromatic nitrogens is 2. The van der Waals surface area contributed by atoms with Crippen LogP contribution >= 0.6 is 23.2 Å². The summed E-state index contributed by atoms with van der Waals surface area (Å²) in [6.07, 6.45) is 3.73. The largest absolute Gasteiger partial charge is 0.319 e. The molecule has 2 nitrogen and oxygen atoms in total. The van der Waals surface area contributed by atoms with E-state index in [1.54, 1.807) is 6.33 Å². The van der Waals surface area contributed by atoms with Crippen LogP contribution in [0.4, 0.5) is 0 Å². The van der Waals surface area contributed by atoms with Crippen LogP contribution in [-0.4, -0.2) is 9.55 Å². The molecular formula is C23H18Cl2N2. The van der Waals surface area contributed by atoms with Crippen LogP contribution in [0, 0.1) is 0 Å². The van der Waals surface area contributed by atoms with E-state index in [2.05, 4.69) is 82.3 Å². The number of hydrogen-bond acceptors (Lipinski definition) is 1. The summed E-state index contributed by atoms with van der Waals surface area (Å²) in [7, 11) is 0. The van der Waals surface area contributed by atoms with Gasteiger partial charge in [-0.15, -0.1) is 0 Å². The van der Waals surface area contributed by atoms with E-state index >= 15 is 0 Å². The standard InChI is InChI=1S/C23H18Cl2N2/c24-22(25)21-16-27(17-26-21)23(18-10-4-1-5-11-18,19-12-6-2-7-13-19)20-14-8-3-9-15-20/h1-17,22H. The highest BCUT2D eigenvalue weighted by atomic mass is 35.5. The van der Waals surface area contributed by atoms with Crippen LogP contribution < -0.4 is 0 Å². The normalized spacial score (nSPS) is 11.7. The minimum Gasteiger partial charge on any atom is -0.319 e. The number of alkyl halides is 2. The molecule has 1 aromatic heterocycles. The van der Waals surface area contributed by atoms with Gasteiger partial charge in [0.05, 0.1) is 12.0 Å². The highest BCUT2D eigenvalue weighted by Crippen LogP contribution is 2.41. The van der Waals surface area contributed by atoms with Crippen LogP contribution in [0.25, 0.3) is 0 Å². The molecule has 0 fully saturated rings. The van der Waals surface area contributed by atoms with Gasteiger partial charge in [0.15, 0.2) is 4.84 Å².